The topological polar surface area (TPSA) is 82.6 Å². The number of carbonyl (C=O) groups excluding carboxylic acids is 1. The van der Waals surface area contributed by atoms with Crippen molar-refractivity contribution in [1.29, 1.82) is 0 Å². The number of hydrogen-bond acceptors (Lipinski definition) is 6. The van der Waals surface area contributed by atoms with E-state index >= 15 is 0 Å². The molecule has 1 N–H and O–H groups in total. The van der Waals surface area contributed by atoms with E-state index < -0.39 is 9.84 Å². The van der Waals surface area contributed by atoms with E-state index in [4.69, 9.17) is 0 Å². The van der Waals surface area contributed by atoms with Gasteiger partial charge in [0.2, 0.25) is 0 Å². The van der Waals surface area contributed by atoms with Crippen molar-refractivity contribution in [3.05, 3.63) is 24.0 Å². The van der Waals surface area contributed by atoms with Crippen molar-refractivity contribution >= 4 is 21.4 Å². The van der Waals surface area contributed by atoms with E-state index in [1.165, 1.54) is 0 Å². The van der Waals surface area contributed by atoms with Gasteiger partial charge in [0.05, 0.1) is 11.5 Å². The van der Waals surface area contributed by atoms with Gasteiger partial charge < -0.3 is 15.1 Å². The zero-order valence-corrected chi connectivity index (χ0v) is 15.3. The van der Waals surface area contributed by atoms with Crippen LogP contribution in [0.4, 0.5) is 5.69 Å². The van der Waals surface area contributed by atoms with Crippen molar-refractivity contribution in [1.82, 2.24) is 15.2 Å². The van der Waals surface area contributed by atoms with Crippen molar-refractivity contribution in [2.45, 2.75) is 19.4 Å². The second-order valence-corrected chi connectivity index (χ2v) is 8.53. The molecule has 1 amide bonds. The maximum Gasteiger partial charge on any atom is 0.269 e. The molecule has 1 unspecified atom stereocenters. The first-order valence-corrected chi connectivity index (χ1v) is 10.0. The maximum atomic E-state index is 12.2. The highest BCUT2D eigenvalue weighted by molar-refractivity contribution is 7.91. The SMILES string of the molecule is CCN(c1ccnc(C(=O)NCCN(C)C)c1)C1CCS(=O)(=O)C1. The Balaban J connectivity index is 2.09. The highest BCUT2D eigenvalue weighted by atomic mass is 32.2. The van der Waals surface area contributed by atoms with Crippen LogP contribution in [-0.2, 0) is 9.84 Å². The van der Waals surface area contributed by atoms with Crippen LogP contribution in [0, 0.1) is 0 Å². The molecule has 7 nitrogen and oxygen atoms in total. The zero-order chi connectivity index (χ0) is 17.7. The minimum Gasteiger partial charge on any atom is -0.368 e. The first kappa shape index (κ1) is 18.7. The van der Waals surface area contributed by atoms with Crippen LogP contribution in [0.5, 0.6) is 0 Å². The van der Waals surface area contributed by atoms with E-state index in [0.29, 0.717) is 25.2 Å². The van der Waals surface area contributed by atoms with Crippen LogP contribution in [0.1, 0.15) is 23.8 Å². The number of nitrogens with one attached hydrogen (secondary N) is 1. The summed E-state index contributed by atoms with van der Waals surface area (Å²) in [4.78, 5) is 20.4. The number of likely N-dealkylation sites (N-methyl/N-ethyl adjacent to an activating group) is 1. The average molecular weight is 354 g/mol. The molecule has 0 bridgehead atoms. The molecule has 1 aliphatic heterocycles. The molecule has 0 saturated carbocycles. The fourth-order valence-corrected chi connectivity index (χ4v) is 4.61. The fourth-order valence-electron chi connectivity index (χ4n) is 2.88. The van der Waals surface area contributed by atoms with E-state index in [9.17, 15) is 13.2 Å². The summed E-state index contributed by atoms with van der Waals surface area (Å²) >= 11 is 0. The lowest BCUT2D eigenvalue weighted by Crippen LogP contribution is -2.36. The lowest BCUT2D eigenvalue weighted by atomic mass is 10.2. The molecule has 2 heterocycles. The molecule has 1 aromatic rings. The smallest absolute Gasteiger partial charge is 0.269 e. The van der Waals surface area contributed by atoms with Gasteiger partial charge in [-0.15, -0.1) is 0 Å². The summed E-state index contributed by atoms with van der Waals surface area (Å²) in [6.07, 6.45) is 2.23. The molecule has 1 saturated heterocycles. The number of nitrogens with zero attached hydrogens (tertiary/aromatic N) is 3. The van der Waals surface area contributed by atoms with E-state index in [2.05, 4.69) is 10.3 Å². The van der Waals surface area contributed by atoms with Gasteiger partial charge in [-0.3, -0.25) is 9.78 Å². The number of rotatable bonds is 7. The van der Waals surface area contributed by atoms with Gasteiger partial charge in [0, 0.05) is 37.6 Å². The lowest BCUT2D eigenvalue weighted by molar-refractivity contribution is 0.0946. The van der Waals surface area contributed by atoms with Crippen LogP contribution in [0.15, 0.2) is 18.3 Å². The third-order valence-corrected chi connectivity index (χ3v) is 5.89. The van der Waals surface area contributed by atoms with Gasteiger partial charge in [-0.1, -0.05) is 0 Å². The normalized spacial score (nSPS) is 19.4. The summed E-state index contributed by atoms with van der Waals surface area (Å²) in [7, 11) is 0.942. The molecule has 0 radical (unpaired) electrons. The van der Waals surface area contributed by atoms with Crippen LogP contribution in [0.2, 0.25) is 0 Å². The Hall–Kier alpha value is -1.67. The molecule has 1 fully saturated rings. The highest BCUT2D eigenvalue weighted by Crippen LogP contribution is 2.24. The molecule has 0 spiro atoms. The number of sulfone groups is 1. The van der Waals surface area contributed by atoms with Crippen molar-refractivity contribution in [3.63, 3.8) is 0 Å². The van der Waals surface area contributed by atoms with E-state index in [1.54, 1.807) is 12.3 Å². The van der Waals surface area contributed by atoms with Gasteiger partial charge in [0.15, 0.2) is 9.84 Å². The second-order valence-electron chi connectivity index (χ2n) is 6.30. The minimum atomic E-state index is -2.95. The summed E-state index contributed by atoms with van der Waals surface area (Å²) in [6, 6.07) is 3.52. The summed E-state index contributed by atoms with van der Waals surface area (Å²) in [5.41, 5.74) is 1.19. The molecule has 134 valence electrons. The third kappa shape index (κ3) is 4.91. The van der Waals surface area contributed by atoms with Gasteiger partial charge in [-0.2, -0.15) is 0 Å². The Morgan fingerprint density at radius 1 is 1.42 bits per heavy atom. The van der Waals surface area contributed by atoms with Crippen LogP contribution in [0.25, 0.3) is 0 Å². The standard InChI is InChI=1S/C16H26N4O3S/c1-4-20(14-6-10-24(22,23)12-14)13-5-7-17-15(11-13)16(21)18-8-9-19(2)3/h5,7,11,14H,4,6,8-10,12H2,1-3H3,(H,18,21). The van der Waals surface area contributed by atoms with Crippen molar-refractivity contribution in [3.8, 4) is 0 Å². The molecule has 0 aromatic carbocycles. The first-order chi connectivity index (χ1) is 11.3. The molecular formula is C16H26N4O3S. The number of anilines is 1. The fraction of sp³-hybridized carbons (Fsp3) is 0.625. The summed E-state index contributed by atoms with van der Waals surface area (Å²) in [6.45, 7) is 3.98. The zero-order valence-electron chi connectivity index (χ0n) is 14.5. The first-order valence-electron chi connectivity index (χ1n) is 8.18. The van der Waals surface area contributed by atoms with E-state index in [0.717, 1.165) is 12.2 Å². The maximum absolute atomic E-state index is 12.2. The second kappa shape index (κ2) is 7.94. The van der Waals surface area contributed by atoms with Crippen molar-refractivity contribution in [2.24, 2.45) is 0 Å². The Labute approximate surface area is 144 Å². The van der Waals surface area contributed by atoms with Gasteiger partial charge in [-0.05, 0) is 39.6 Å². The van der Waals surface area contributed by atoms with Gasteiger partial charge >= 0.3 is 0 Å². The monoisotopic (exact) mass is 354 g/mol. The van der Waals surface area contributed by atoms with E-state index in [1.807, 2.05) is 36.9 Å². The summed E-state index contributed by atoms with van der Waals surface area (Å²) in [5.74, 6) is 0.193. The molecule has 24 heavy (non-hydrogen) atoms. The molecular weight excluding hydrogens is 328 g/mol. The van der Waals surface area contributed by atoms with Crippen LogP contribution in [-0.4, -0.2) is 75.5 Å². The highest BCUT2D eigenvalue weighted by Gasteiger charge is 2.32. The molecule has 8 heteroatoms. The summed E-state index contributed by atoms with van der Waals surface area (Å²) in [5, 5.41) is 2.84. The number of aromatic nitrogens is 1. The minimum absolute atomic E-state index is 0.0351. The molecule has 0 aliphatic carbocycles. The molecule has 1 aromatic heterocycles. The van der Waals surface area contributed by atoms with Crippen molar-refractivity contribution < 1.29 is 13.2 Å². The third-order valence-electron chi connectivity index (χ3n) is 4.14. The van der Waals surface area contributed by atoms with Gasteiger partial charge in [-0.25, -0.2) is 8.42 Å². The lowest BCUT2D eigenvalue weighted by Gasteiger charge is -2.29. The Kier molecular flexibility index (Phi) is 6.17. The predicted octanol–water partition coefficient (Wildman–Crippen LogP) is 0.386. The number of amides is 1. The summed E-state index contributed by atoms with van der Waals surface area (Å²) < 4.78 is 23.5. The largest absolute Gasteiger partial charge is 0.368 e. The molecule has 1 atom stereocenters. The van der Waals surface area contributed by atoms with Gasteiger partial charge in [0.25, 0.3) is 5.91 Å². The van der Waals surface area contributed by atoms with Gasteiger partial charge in [0.1, 0.15) is 5.69 Å². The quantitative estimate of drug-likeness (QED) is 0.763. The average Bonchev–Trinajstić information content (AvgIpc) is 2.88. The molecule has 2 rings (SSSR count). The van der Waals surface area contributed by atoms with Crippen LogP contribution in [0.3, 0.4) is 0 Å². The van der Waals surface area contributed by atoms with Crippen molar-refractivity contribution in [2.75, 3.05) is 50.1 Å². The van der Waals surface area contributed by atoms with E-state index in [-0.39, 0.29) is 23.5 Å². The number of carbonyl (C=O) groups is 1. The number of pyridine rings is 1. The Morgan fingerprint density at radius 3 is 2.75 bits per heavy atom. The Bertz CT molecular complexity index is 676. The number of hydrogen-bond donors (Lipinski definition) is 1. The Morgan fingerprint density at radius 2 is 2.17 bits per heavy atom. The predicted molar refractivity (Wildman–Crippen MR) is 95.2 cm³/mol. The molecule has 1 aliphatic rings. The van der Waals surface area contributed by atoms with Crippen LogP contribution >= 0.6 is 0 Å². The van der Waals surface area contributed by atoms with Crippen LogP contribution < -0.4 is 10.2 Å².